The summed E-state index contributed by atoms with van der Waals surface area (Å²) in [6, 6.07) is 9.11. The second-order valence-corrected chi connectivity index (χ2v) is 4.96. The van der Waals surface area contributed by atoms with E-state index < -0.39 is 11.9 Å². The number of esters is 1. The molecule has 0 aliphatic rings. The molecular weight excluding hydrogens is 276 g/mol. The Morgan fingerprint density at radius 2 is 2.15 bits per heavy atom. The monoisotopic (exact) mass is 288 g/mol. The van der Waals surface area contributed by atoms with Crippen molar-refractivity contribution in [1.29, 1.82) is 5.26 Å². The molecule has 1 N–H and O–H groups in total. The summed E-state index contributed by atoms with van der Waals surface area (Å²) in [5.41, 5.74) is 0.346. The van der Waals surface area contributed by atoms with E-state index in [1.807, 2.05) is 18.2 Å². The number of amides is 1. The van der Waals surface area contributed by atoms with Crippen molar-refractivity contribution < 1.29 is 14.3 Å². The minimum Gasteiger partial charge on any atom is -0.462 e. The van der Waals surface area contributed by atoms with Crippen LogP contribution >= 0.6 is 11.3 Å². The van der Waals surface area contributed by atoms with E-state index in [2.05, 4.69) is 5.32 Å². The van der Waals surface area contributed by atoms with Gasteiger partial charge in [-0.05, 0) is 13.0 Å². The third-order valence-electron chi connectivity index (χ3n) is 2.57. The van der Waals surface area contributed by atoms with Crippen molar-refractivity contribution >= 4 is 38.3 Å². The SMILES string of the molecule is CCOC(=O)c1c(NC(=O)CC#N)sc2ccccc12. The second kappa shape index (κ2) is 6.17. The van der Waals surface area contributed by atoms with Gasteiger partial charge in [-0.1, -0.05) is 18.2 Å². The molecule has 0 unspecified atom stereocenters. The lowest BCUT2D eigenvalue weighted by Crippen LogP contribution is -2.13. The number of nitrogens with one attached hydrogen (secondary N) is 1. The zero-order valence-electron chi connectivity index (χ0n) is 10.8. The van der Waals surface area contributed by atoms with Crippen LogP contribution in [0, 0.1) is 11.3 Å². The van der Waals surface area contributed by atoms with Gasteiger partial charge in [-0.2, -0.15) is 5.26 Å². The lowest BCUT2D eigenvalue weighted by Gasteiger charge is -2.05. The summed E-state index contributed by atoms with van der Waals surface area (Å²) in [6.07, 6.45) is -0.253. The quantitative estimate of drug-likeness (QED) is 0.877. The standard InChI is InChI=1S/C14H12N2O3S/c1-2-19-14(18)12-9-5-3-4-6-10(9)20-13(12)16-11(17)7-8-15/h3-6H,2,7H2,1H3,(H,16,17). The Labute approximate surface area is 119 Å². The minimum atomic E-state index is -0.475. The van der Waals surface area contributed by atoms with Gasteiger partial charge in [-0.3, -0.25) is 4.79 Å². The molecule has 1 aromatic heterocycles. The van der Waals surface area contributed by atoms with E-state index in [9.17, 15) is 9.59 Å². The molecule has 2 rings (SSSR count). The second-order valence-electron chi connectivity index (χ2n) is 3.91. The number of carbonyl (C=O) groups is 2. The number of rotatable bonds is 4. The summed E-state index contributed by atoms with van der Waals surface area (Å²) >= 11 is 1.29. The highest BCUT2D eigenvalue weighted by Gasteiger charge is 2.21. The Kier molecular flexibility index (Phi) is 4.33. The largest absolute Gasteiger partial charge is 0.462 e. The van der Waals surface area contributed by atoms with Crippen molar-refractivity contribution in [3.63, 3.8) is 0 Å². The summed E-state index contributed by atoms with van der Waals surface area (Å²) < 4.78 is 5.91. The van der Waals surface area contributed by atoms with E-state index >= 15 is 0 Å². The number of thiophene rings is 1. The topological polar surface area (TPSA) is 79.2 Å². The van der Waals surface area contributed by atoms with E-state index in [0.717, 1.165) is 10.1 Å². The van der Waals surface area contributed by atoms with Crippen molar-refractivity contribution in [2.45, 2.75) is 13.3 Å². The molecule has 0 saturated heterocycles. The number of anilines is 1. The molecule has 1 aromatic carbocycles. The number of hydrogen-bond acceptors (Lipinski definition) is 5. The number of benzene rings is 1. The predicted molar refractivity (Wildman–Crippen MR) is 76.6 cm³/mol. The third-order valence-corrected chi connectivity index (χ3v) is 3.65. The minimum absolute atomic E-state index is 0.253. The smallest absolute Gasteiger partial charge is 0.341 e. The van der Waals surface area contributed by atoms with Crippen molar-refractivity contribution in [2.75, 3.05) is 11.9 Å². The van der Waals surface area contributed by atoms with Gasteiger partial charge in [-0.15, -0.1) is 11.3 Å². The molecule has 0 fully saturated rings. The number of hydrogen-bond donors (Lipinski definition) is 1. The molecule has 102 valence electrons. The Morgan fingerprint density at radius 3 is 2.85 bits per heavy atom. The van der Waals surface area contributed by atoms with Crippen LogP contribution < -0.4 is 5.32 Å². The fourth-order valence-electron chi connectivity index (χ4n) is 1.78. The molecule has 0 saturated carbocycles. The van der Waals surface area contributed by atoms with Gasteiger partial charge in [0.2, 0.25) is 5.91 Å². The molecule has 0 bridgehead atoms. The number of carbonyl (C=O) groups excluding carboxylic acids is 2. The van der Waals surface area contributed by atoms with Crippen LogP contribution in [-0.4, -0.2) is 18.5 Å². The van der Waals surface area contributed by atoms with Crippen LogP contribution in [0.4, 0.5) is 5.00 Å². The van der Waals surface area contributed by atoms with E-state index in [1.165, 1.54) is 11.3 Å². The number of nitrogens with zero attached hydrogens (tertiary/aromatic N) is 1. The molecule has 1 heterocycles. The van der Waals surface area contributed by atoms with E-state index in [0.29, 0.717) is 10.6 Å². The van der Waals surface area contributed by atoms with Crippen LogP contribution in [-0.2, 0) is 9.53 Å². The zero-order chi connectivity index (χ0) is 14.5. The maximum atomic E-state index is 12.0. The van der Waals surface area contributed by atoms with Crippen LogP contribution in [0.15, 0.2) is 24.3 Å². The van der Waals surface area contributed by atoms with Crippen molar-refractivity contribution in [3.8, 4) is 6.07 Å². The van der Waals surface area contributed by atoms with Crippen molar-refractivity contribution in [2.24, 2.45) is 0 Å². The summed E-state index contributed by atoms with van der Waals surface area (Å²) in [5, 5.41) is 12.3. The first kappa shape index (κ1) is 14.0. The highest BCUT2D eigenvalue weighted by atomic mass is 32.1. The van der Waals surface area contributed by atoms with Gasteiger partial charge < -0.3 is 10.1 Å². The van der Waals surface area contributed by atoms with E-state index in [1.54, 1.807) is 19.1 Å². The Balaban J connectivity index is 2.47. The van der Waals surface area contributed by atoms with Gasteiger partial charge in [0.05, 0.1) is 12.7 Å². The molecular formula is C14H12N2O3S. The molecule has 0 atom stereocenters. The van der Waals surface area contributed by atoms with E-state index in [4.69, 9.17) is 10.00 Å². The van der Waals surface area contributed by atoms with Crippen molar-refractivity contribution in [1.82, 2.24) is 0 Å². The summed E-state index contributed by atoms with van der Waals surface area (Å²) in [6.45, 7) is 1.98. The van der Waals surface area contributed by atoms with Crippen LogP contribution in [0.1, 0.15) is 23.7 Å². The fourth-order valence-corrected chi connectivity index (χ4v) is 2.89. The van der Waals surface area contributed by atoms with Crippen LogP contribution in [0.2, 0.25) is 0 Å². The lowest BCUT2D eigenvalue weighted by atomic mass is 10.1. The average Bonchev–Trinajstić information content (AvgIpc) is 2.76. The molecule has 0 aliphatic heterocycles. The van der Waals surface area contributed by atoms with Gasteiger partial charge in [0, 0.05) is 10.1 Å². The maximum absolute atomic E-state index is 12.0. The highest BCUT2D eigenvalue weighted by molar-refractivity contribution is 7.23. The zero-order valence-corrected chi connectivity index (χ0v) is 11.6. The molecule has 0 radical (unpaired) electrons. The maximum Gasteiger partial charge on any atom is 0.341 e. The number of nitriles is 1. The number of fused-ring (bicyclic) bond motifs is 1. The fraction of sp³-hybridized carbons (Fsp3) is 0.214. The first-order chi connectivity index (χ1) is 9.67. The first-order valence-electron chi connectivity index (χ1n) is 6.02. The number of ether oxygens (including phenoxy) is 1. The summed E-state index contributed by atoms with van der Waals surface area (Å²) in [7, 11) is 0. The highest BCUT2D eigenvalue weighted by Crippen LogP contribution is 2.36. The van der Waals surface area contributed by atoms with Gasteiger partial charge in [0.25, 0.3) is 0 Å². The first-order valence-corrected chi connectivity index (χ1v) is 6.84. The van der Waals surface area contributed by atoms with Crippen LogP contribution in [0.3, 0.4) is 0 Å². The normalized spacial score (nSPS) is 10.0. The van der Waals surface area contributed by atoms with Gasteiger partial charge in [0.1, 0.15) is 17.0 Å². The van der Waals surface area contributed by atoms with Crippen LogP contribution in [0.25, 0.3) is 10.1 Å². The van der Waals surface area contributed by atoms with Gasteiger partial charge in [-0.25, -0.2) is 4.79 Å². The molecule has 5 nitrogen and oxygen atoms in total. The molecule has 0 spiro atoms. The Hall–Kier alpha value is -2.39. The average molecular weight is 288 g/mol. The summed E-state index contributed by atoms with van der Waals surface area (Å²) in [5.74, 6) is -0.915. The predicted octanol–water partition coefficient (Wildman–Crippen LogP) is 2.93. The van der Waals surface area contributed by atoms with Crippen molar-refractivity contribution in [3.05, 3.63) is 29.8 Å². The molecule has 1 amide bonds. The molecule has 20 heavy (non-hydrogen) atoms. The van der Waals surface area contributed by atoms with Gasteiger partial charge >= 0.3 is 5.97 Å². The van der Waals surface area contributed by atoms with E-state index in [-0.39, 0.29) is 13.0 Å². The summed E-state index contributed by atoms with van der Waals surface area (Å²) in [4.78, 5) is 23.6. The van der Waals surface area contributed by atoms with Crippen LogP contribution in [0.5, 0.6) is 0 Å². The lowest BCUT2D eigenvalue weighted by molar-refractivity contribution is -0.115. The molecule has 0 aliphatic carbocycles. The Bertz CT molecular complexity index is 700. The molecule has 2 aromatic rings. The third kappa shape index (κ3) is 2.78. The van der Waals surface area contributed by atoms with Gasteiger partial charge in [0.15, 0.2) is 0 Å². The Morgan fingerprint density at radius 1 is 1.40 bits per heavy atom. The molecule has 6 heteroatoms.